The molecule has 2 aliphatic heterocycles. The van der Waals surface area contributed by atoms with E-state index in [2.05, 4.69) is 21.3 Å². The third-order valence-corrected chi connectivity index (χ3v) is 5.77. The van der Waals surface area contributed by atoms with Crippen molar-refractivity contribution in [3.8, 4) is 0 Å². The SMILES string of the molecule is CC(C)(C)OC(=O)NCC1CCCN(C(=O)C2CCCCN2Cc2cccnc2)C1. The molecule has 3 rings (SSSR count). The smallest absolute Gasteiger partial charge is 0.407 e. The molecule has 0 spiro atoms. The van der Waals surface area contributed by atoms with Crippen LogP contribution < -0.4 is 5.32 Å². The minimum atomic E-state index is -0.503. The number of rotatable bonds is 5. The quantitative estimate of drug-likeness (QED) is 0.798. The second-order valence-corrected chi connectivity index (χ2v) is 9.52. The number of carbonyl (C=O) groups is 2. The highest BCUT2D eigenvalue weighted by atomic mass is 16.6. The largest absolute Gasteiger partial charge is 0.444 e. The first-order valence-electron chi connectivity index (χ1n) is 11.2. The Bertz CT molecular complexity index is 704. The fourth-order valence-corrected chi connectivity index (χ4v) is 4.37. The minimum absolute atomic E-state index is 0.0588. The van der Waals surface area contributed by atoms with Gasteiger partial charge in [0.05, 0.1) is 6.04 Å². The van der Waals surface area contributed by atoms with Gasteiger partial charge in [0, 0.05) is 38.6 Å². The van der Waals surface area contributed by atoms with E-state index in [9.17, 15) is 9.59 Å². The second kappa shape index (κ2) is 10.2. The van der Waals surface area contributed by atoms with Gasteiger partial charge in [0.15, 0.2) is 0 Å². The van der Waals surface area contributed by atoms with Crippen LogP contribution in [0.5, 0.6) is 0 Å². The van der Waals surface area contributed by atoms with Gasteiger partial charge >= 0.3 is 6.09 Å². The normalized spacial score (nSPS) is 23.1. The summed E-state index contributed by atoms with van der Waals surface area (Å²) in [4.78, 5) is 33.9. The summed E-state index contributed by atoms with van der Waals surface area (Å²) in [5.41, 5.74) is 0.646. The van der Waals surface area contributed by atoms with Gasteiger partial charge in [-0.15, -0.1) is 0 Å². The molecular formula is C23H36N4O3. The lowest BCUT2D eigenvalue weighted by Crippen LogP contribution is -2.53. The summed E-state index contributed by atoms with van der Waals surface area (Å²) >= 11 is 0. The zero-order valence-corrected chi connectivity index (χ0v) is 18.6. The monoisotopic (exact) mass is 416 g/mol. The van der Waals surface area contributed by atoms with Gasteiger partial charge in [0.2, 0.25) is 5.91 Å². The zero-order chi connectivity index (χ0) is 21.6. The van der Waals surface area contributed by atoms with Crippen molar-refractivity contribution in [1.29, 1.82) is 0 Å². The predicted octanol–water partition coefficient (Wildman–Crippen LogP) is 3.20. The molecular weight excluding hydrogens is 380 g/mol. The molecule has 0 radical (unpaired) electrons. The van der Waals surface area contributed by atoms with E-state index >= 15 is 0 Å². The van der Waals surface area contributed by atoms with Gasteiger partial charge in [-0.05, 0) is 70.5 Å². The third kappa shape index (κ3) is 6.69. The van der Waals surface area contributed by atoms with Gasteiger partial charge in [-0.1, -0.05) is 12.5 Å². The molecule has 2 fully saturated rings. The van der Waals surface area contributed by atoms with Gasteiger partial charge in [0.25, 0.3) is 0 Å². The summed E-state index contributed by atoms with van der Waals surface area (Å²) in [7, 11) is 0. The number of ether oxygens (including phenoxy) is 1. The van der Waals surface area contributed by atoms with Crippen LogP contribution in [0.3, 0.4) is 0 Å². The Balaban J connectivity index is 1.54. The Labute approximate surface area is 180 Å². The van der Waals surface area contributed by atoms with Crippen molar-refractivity contribution >= 4 is 12.0 Å². The summed E-state index contributed by atoms with van der Waals surface area (Å²) in [6.45, 7) is 9.33. The van der Waals surface area contributed by atoms with Crippen molar-refractivity contribution in [3.63, 3.8) is 0 Å². The summed E-state index contributed by atoms with van der Waals surface area (Å²) in [6.07, 6.45) is 8.41. The fourth-order valence-electron chi connectivity index (χ4n) is 4.37. The molecule has 7 nitrogen and oxygen atoms in total. The Morgan fingerprint density at radius 2 is 2.03 bits per heavy atom. The van der Waals surface area contributed by atoms with Crippen LogP contribution in [0.15, 0.2) is 24.5 Å². The maximum Gasteiger partial charge on any atom is 0.407 e. The molecule has 0 bridgehead atoms. The highest BCUT2D eigenvalue weighted by Gasteiger charge is 2.34. The molecule has 1 aromatic rings. The highest BCUT2D eigenvalue weighted by molar-refractivity contribution is 5.82. The average Bonchev–Trinajstić information content (AvgIpc) is 2.72. The number of nitrogens with zero attached hydrogens (tertiary/aromatic N) is 3. The molecule has 0 aliphatic carbocycles. The third-order valence-electron chi connectivity index (χ3n) is 5.77. The predicted molar refractivity (Wildman–Crippen MR) is 116 cm³/mol. The molecule has 0 aromatic carbocycles. The van der Waals surface area contributed by atoms with Gasteiger partial charge < -0.3 is 15.0 Å². The summed E-state index contributed by atoms with van der Waals surface area (Å²) < 4.78 is 5.33. The average molecular weight is 417 g/mol. The number of likely N-dealkylation sites (tertiary alicyclic amines) is 2. The van der Waals surface area contributed by atoms with Gasteiger partial charge in [0.1, 0.15) is 5.60 Å². The van der Waals surface area contributed by atoms with E-state index < -0.39 is 5.60 Å². The van der Waals surface area contributed by atoms with Crippen molar-refractivity contribution in [2.24, 2.45) is 5.92 Å². The van der Waals surface area contributed by atoms with Crippen LogP contribution in [0.25, 0.3) is 0 Å². The number of alkyl carbamates (subject to hydrolysis) is 1. The highest BCUT2D eigenvalue weighted by Crippen LogP contribution is 2.24. The first-order chi connectivity index (χ1) is 14.3. The summed E-state index contributed by atoms with van der Waals surface area (Å²) in [5, 5.41) is 2.87. The molecule has 2 aliphatic rings. The second-order valence-electron chi connectivity index (χ2n) is 9.52. The van der Waals surface area contributed by atoms with Crippen molar-refractivity contribution < 1.29 is 14.3 Å². The van der Waals surface area contributed by atoms with Crippen LogP contribution >= 0.6 is 0 Å². The molecule has 1 aromatic heterocycles. The summed E-state index contributed by atoms with van der Waals surface area (Å²) in [6, 6.07) is 3.96. The number of aromatic nitrogens is 1. The number of nitrogens with one attached hydrogen (secondary N) is 1. The van der Waals surface area contributed by atoms with Crippen LogP contribution in [0.4, 0.5) is 4.79 Å². The van der Waals surface area contributed by atoms with E-state index in [1.54, 1.807) is 6.20 Å². The van der Waals surface area contributed by atoms with Crippen LogP contribution in [-0.4, -0.2) is 64.6 Å². The molecule has 0 saturated carbocycles. The molecule has 166 valence electrons. The zero-order valence-electron chi connectivity index (χ0n) is 18.6. The number of pyridine rings is 1. The Hall–Kier alpha value is -2.15. The standard InChI is InChI=1S/C23H36N4O3/c1-23(2,3)30-22(29)25-15-19-9-7-13-27(17-19)21(28)20-10-4-5-12-26(20)16-18-8-6-11-24-14-18/h6,8,11,14,19-20H,4-5,7,9-10,12-13,15-17H2,1-3H3,(H,25,29). The first-order valence-corrected chi connectivity index (χ1v) is 11.2. The molecule has 1 N–H and O–H groups in total. The Morgan fingerprint density at radius 3 is 2.77 bits per heavy atom. The molecule has 2 unspecified atom stereocenters. The van der Waals surface area contributed by atoms with E-state index in [0.717, 1.165) is 57.3 Å². The van der Waals surface area contributed by atoms with Gasteiger partial charge in [-0.2, -0.15) is 0 Å². The van der Waals surface area contributed by atoms with E-state index in [1.807, 2.05) is 37.9 Å². The lowest BCUT2D eigenvalue weighted by atomic mass is 9.95. The minimum Gasteiger partial charge on any atom is -0.444 e. The number of hydrogen-bond donors (Lipinski definition) is 1. The lowest BCUT2D eigenvalue weighted by Gasteiger charge is -2.40. The lowest BCUT2D eigenvalue weighted by molar-refractivity contribution is -0.140. The molecule has 2 atom stereocenters. The molecule has 2 saturated heterocycles. The Morgan fingerprint density at radius 1 is 1.20 bits per heavy atom. The number of amides is 2. The molecule has 30 heavy (non-hydrogen) atoms. The summed E-state index contributed by atoms with van der Waals surface area (Å²) in [5.74, 6) is 0.506. The number of carbonyl (C=O) groups excluding carboxylic acids is 2. The maximum absolute atomic E-state index is 13.4. The van der Waals surface area contributed by atoms with Crippen molar-refractivity contribution in [3.05, 3.63) is 30.1 Å². The number of piperidine rings is 2. The topological polar surface area (TPSA) is 74.8 Å². The van der Waals surface area contributed by atoms with Crippen LogP contribution in [0.2, 0.25) is 0 Å². The molecule has 3 heterocycles. The van der Waals surface area contributed by atoms with E-state index in [-0.39, 0.29) is 24.0 Å². The van der Waals surface area contributed by atoms with Crippen LogP contribution in [0.1, 0.15) is 58.4 Å². The van der Waals surface area contributed by atoms with E-state index in [1.165, 1.54) is 0 Å². The fraction of sp³-hybridized carbons (Fsp3) is 0.696. The van der Waals surface area contributed by atoms with E-state index in [0.29, 0.717) is 13.1 Å². The van der Waals surface area contributed by atoms with Crippen LogP contribution in [-0.2, 0) is 16.1 Å². The molecule has 7 heteroatoms. The van der Waals surface area contributed by atoms with E-state index in [4.69, 9.17) is 4.74 Å². The van der Waals surface area contributed by atoms with Gasteiger partial charge in [-0.3, -0.25) is 14.7 Å². The van der Waals surface area contributed by atoms with Crippen LogP contribution in [0, 0.1) is 5.92 Å². The molecule has 2 amide bonds. The van der Waals surface area contributed by atoms with Crippen molar-refractivity contribution in [1.82, 2.24) is 20.1 Å². The Kier molecular flexibility index (Phi) is 7.69. The maximum atomic E-state index is 13.4. The first kappa shape index (κ1) is 22.5. The van der Waals surface area contributed by atoms with Crippen molar-refractivity contribution in [2.45, 2.75) is 71.1 Å². The number of hydrogen-bond acceptors (Lipinski definition) is 5. The van der Waals surface area contributed by atoms with Crippen molar-refractivity contribution in [2.75, 3.05) is 26.2 Å². The van der Waals surface area contributed by atoms with Gasteiger partial charge in [-0.25, -0.2) is 4.79 Å².